The van der Waals surface area contributed by atoms with Gasteiger partial charge >= 0.3 is 0 Å². The molecule has 0 amide bonds. The number of benzene rings is 1. The molecule has 3 rings (SSSR count). The molecule has 0 atom stereocenters. The highest BCUT2D eigenvalue weighted by Crippen LogP contribution is 2.29. The summed E-state index contributed by atoms with van der Waals surface area (Å²) in [5, 5.41) is 4.57. The van der Waals surface area contributed by atoms with Crippen LogP contribution in [0.3, 0.4) is 0 Å². The monoisotopic (exact) mass is 321 g/mol. The van der Waals surface area contributed by atoms with Crippen LogP contribution >= 0.6 is 23.2 Å². The van der Waals surface area contributed by atoms with Gasteiger partial charge in [-0.3, -0.25) is 0 Å². The fourth-order valence-corrected chi connectivity index (χ4v) is 3.20. The van der Waals surface area contributed by atoms with E-state index in [9.17, 15) is 0 Å². The van der Waals surface area contributed by atoms with Gasteiger partial charge in [0.05, 0.1) is 11.4 Å². The van der Waals surface area contributed by atoms with Gasteiger partial charge in [0.25, 0.3) is 0 Å². The number of hydrogen-bond acceptors (Lipinski definition) is 3. The molecule has 1 aliphatic heterocycles. The van der Waals surface area contributed by atoms with Crippen molar-refractivity contribution in [2.75, 3.05) is 6.54 Å². The second kappa shape index (κ2) is 5.91. The highest BCUT2D eigenvalue weighted by Gasteiger charge is 2.20. The lowest BCUT2D eigenvalue weighted by molar-refractivity contribution is 0.609. The van der Waals surface area contributed by atoms with E-state index >= 15 is 0 Å². The fourth-order valence-electron chi connectivity index (χ4n) is 2.68. The van der Waals surface area contributed by atoms with Gasteiger partial charge in [0.15, 0.2) is 5.82 Å². The Morgan fingerprint density at radius 3 is 2.48 bits per heavy atom. The van der Waals surface area contributed by atoms with Gasteiger partial charge in [0.1, 0.15) is 0 Å². The Morgan fingerprint density at radius 1 is 1.10 bits per heavy atom. The Balaban J connectivity index is 2.17. The molecule has 2 aromatic rings. The van der Waals surface area contributed by atoms with Crippen LogP contribution in [0.2, 0.25) is 10.0 Å². The van der Waals surface area contributed by atoms with Gasteiger partial charge in [-0.15, -0.1) is 0 Å². The van der Waals surface area contributed by atoms with E-state index in [0.29, 0.717) is 21.8 Å². The van der Waals surface area contributed by atoms with Crippen LogP contribution in [0.4, 0.5) is 0 Å². The minimum atomic E-state index is 0.369. The van der Waals surface area contributed by atoms with Crippen LogP contribution in [-0.2, 0) is 13.0 Å². The zero-order chi connectivity index (χ0) is 15.0. The van der Waals surface area contributed by atoms with Crippen molar-refractivity contribution in [3.05, 3.63) is 45.2 Å². The molecule has 110 valence electrons. The highest BCUT2D eigenvalue weighted by atomic mass is 35.5. The summed E-state index contributed by atoms with van der Waals surface area (Å²) < 4.78 is 0. The van der Waals surface area contributed by atoms with Crippen LogP contribution in [0.5, 0.6) is 0 Å². The van der Waals surface area contributed by atoms with Crippen molar-refractivity contribution in [2.45, 2.75) is 32.7 Å². The van der Waals surface area contributed by atoms with Crippen LogP contribution in [0.1, 0.15) is 36.7 Å². The van der Waals surface area contributed by atoms with Gasteiger partial charge in [-0.05, 0) is 42.6 Å². The Labute approximate surface area is 134 Å². The zero-order valence-electron chi connectivity index (χ0n) is 12.1. The molecule has 3 nitrogen and oxygen atoms in total. The fraction of sp³-hybridized carbons (Fsp3) is 0.375. The maximum atomic E-state index is 6.09. The summed E-state index contributed by atoms with van der Waals surface area (Å²) in [6, 6.07) is 5.43. The first-order chi connectivity index (χ1) is 10.0. The first-order valence-electron chi connectivity index (χ1n) is 7.11. The SMILES string of the molecule is CC(C)c1nc(-c2cc(Cl)cc(Cl)c2)nc2c1CCNC2. The van der Waals surface area contributed by atoms with Gasteiger partial charge in [0.2, 0.25) is 0 Å². The third-order valence-electron chi connectivity index (χ3n) is 3.64. The number of hydrogen-bond donors (Lipinski definition) is 1. The molecule has 0 unspecified atom stereocenters. The number of rotatable bonds is 2. The predicted octanol–water partition coefficient (Wildman–Crippen LogP) is 4.22. The molecule has 0 saturated carbocycles. The molecule has 5 heteroatoms. The third-order valence-corrected chi connectivity index (χ3v) is 4.07. The van der Waals surface area contributed by atoms with E-state index in [0.717, 1.165) is 36.5 Å². The van der Waals surface area contributed by atoms with Crippen LogP contribution < -0.4 is 5.32 Å². The predicted molar refractivity (Wildman–Crippen MR) is 87.0 cm³/mol. The van der Waals surface area contributed by atoms with Gasteiger partial charge in [0, 0.05) is 22.2 Å². The third kappa shape index (κ3) is 3.05. The van der Waals surface area contributed by atoms with E-state index < -0.39 is 0 Å². The Hall–Kier alpha value is -1.16. The quantitative estimate of drug-likeness (QED) is 0.899. The molecule has 0 bridgehead atoms. The van der Waals surface area contributed by atoms with Gasteiger partial charge in [-0.2, -0.15) is 0 Å². The summed E-state index contributed by atoms with van der Waals surface area (Å²) in [7, 11) is 0. The molecule has 0 spiro atoms. The largest absolute Gasteiger partial charge is 0.311 e. The van der Waals surface area contributed by atoms with Crippen LogP contribution in [-0.4, -0.2) is 16.5 Å². The van der Waals surface area contributed by atoms with Gasteiger partial charge < -0.3 is 5.32 Å². The smallest absolute Gasteiger partial charge is 0.159 e. The molecular formula is C16H17Cl2N3. The van der Waals surface area contributed by atoms with E-state index in [1.54, 1.807) is 6.07 Å². The molecule has 1 aromatic heterocycles. The van der Waals surface area contributed by atoms with Crippen LogP contribution in [0.25, 0.3) is 11.4 Å². The maximum absolute atomic E-state index is 6.09. The average molecular weight is 322 g/mol. The van der Waals surface area contributed by atoms with Gasteiger partial charge in [-0.25, -0.2) is 9.97 Å². The molecular weight excluding hydrogens is 305 g/mol. The topological polar surface area (TPSA) is 37.8 Å². The Kier molecular flexibility index (Phi) is 4.16. The zero-order valence-corrected chi connectivity index (χ0v) is 13.6. The summed E-state index contributed by atoms with van der Waals surface area (Å²) in [6.45, 7) is 6.11. The van der Waals surface area contributed by atoms with E-state index in [1.165, 1.54) is 5.56 Å². The van der Waals surface area contributed by atoms with Crippen molar-refractivity contribution < 1.29 is 0 Å². The molecule has 2 heterocycles. The summed E-state index contributed by atoms with van der Waals surface area (Å²) in [6.07, 6.45) is 0.986. The second-order valence-electron chi connectivity index (χ2n) is 5.60. The van der Waals surface area contributed by atoms with Crippen molar-refractivity contribution in [3.63, 3.8) is 0 Å². The van der Waals surface area contributed by atoms with Crippen molar-refractivity contribution in [2.24, 2.45) is 0 Å². The standard InChI is InChI=1S/C16H17Cl2N3/c1-9(2)15-13-3-4-19-8-14(13)20-16(21-15)10-5-11(17)7-12(18)6-10/h5-7,9,19H,3-4,8H2,1-2H3. The van der Waals surface area contributed by atoms with Crippen LogP contribution in [0.15, 0.2) is 18.2 Å². The number of fused-ring (bicyclic) bond motifs is 1. The minimum absolute atomic E-state index is 0.369. The number of nitrogens with one attached hydrogen (secondary N) is 1. The van der Waals surface area contributed by atoms with Crippen molar-refractivity contribution >= 4 is 23.2 Å². The molecule has 1 N–H and O–H groups in total. The van der Waals surface area contributed by atoms with Crippen molar-refractivity contribution in [1.82, 2.24) is 15.3 Å². The lowest BCUT2D eigenvalue weighted by atomic mass is 9.97. The van der Waals surface area contributed by atoms with Gasteiger partial charge in [-0.1, -0.05) is 37.0 Å². The van der Waals surface area contributed by atoms with Crippen molar-refractivity contribution in [3.8, 4) is 11.4 Å². The van der Waals surface area contributed by atoms with E-state index in [2.05, 4.69) is 19.2 Å². The number of nitrogens with zero attached hydrogens (tertiary/aromatic N) is 2. The average Bonchev–Trinajstić information content (AvgIpc) is 2.45. The lowest BCUT2D eigenvalue weighted by Gasteiger charge is -2.21. The van der Waals surface area contributed by atoms with Crippen molar-refractivity contribution in [1.29, 1.82) is 0 Å². The summed E-state index contributed by atoms with van der Waals surface area (Å²) in [4.78, 5) is 9.50. The molecule has 0 fully saturated rings. The molecule has 1 aliphatic rings. The number of halogens is 2. The molecule has 0 radical (unpaired) electrons. The summed E-state index contributed by atoms with van der Waals surface area (Å²) in [5.74, 6) is 1.07. The molecule has 0 saturated heterocycles. The number of aromatic nitrogens is 2. The first-order valence-corrected chi connectivity index (χ1v) is 7.87. The molecule has 21 heavy (non-hydrogen) atoms. The summed E-state index contributed by atoms with van der Waals surface area (Å²) >= 11 is 12.2. The Morgan fingerprint density at radius 2 is 1.81 bits per heavy atom. The summed E-state index contributed by atoms with van der Waals surface area (Å²) in [5.41, 5.74) is 4.38. The maximum Gasteiger partial charge on any atom is 0.159 e. The molecule has 0 aliphatic carbocycles. The Bertz CT molecular complexity index is 663. The minimum Gasteiger partial charge on any atom is -0.311 e. The normalized spacial score (nSPS) is 14.3. The van der Waals surface area contributed by atoms with E-state index in [4.69, 9.17) is 33.2 Å². The lowest BCUT2D eigenvalue weighted by Crippen LogP contribution is -2.27. The highest BCUT2D eigenvalue weighted by molar-refractivity contribution is 6.35. The van der Waals surface area contributed by atoms with E-state index in [-0.39, 0.29) is 0 Å². The van der Waals surface area contributed by atoms with E-state index in [1.807, 2.05) is 12.1 Å². The molecule has 1 aromatic carbocycles. The van der Waals surface area contributed by atoms with Crippen LogP contribution in [0, 0.1) is 0 Å². The second-order valence-corrected chi connectivity index (χ2v) is 6.47. The first kappa shape index (κ1) is 14.8.